The SMILES string of the molecule is COc1ccc(Nc2ccc(O)c3c2C(=O)c2c(O)ccc(Nc4ccc(OC)cc4)c2C3=O)cc1. The molecule has 0 heterocycles. The predicted molar refractivity (Wildman–Crippen MR) is 136 cm³/mol. The third-order valence-corrected chi connectivity index (χ3v) is 6.01. The first-order valence-corrected chi connectivity index (χ1v) is 11.0. The molecule has 0 amide bonds. The van der Waals surface area contributed by atoms with Crippen molar-refractivity contribution in [1.82, 2.24) is 0 Å². The molecular weight excluding hydrogens is 460 g/mol. The van der Waals surface area contributed by atoms with Crippen molar-refractivity contribution in [1.29, 1.82) is 0 Å². The maximum absolute atomic E-state index is 13.7. The third kappa shape index (κ3) is 3.84. The lowest BCUT2D eigenvalue weighted by Gasteiger charge is -2.24. The molecule has 0 bridgehead atoms. The minimum atomic E-state index is -0.581. The Morgan fingerprint density at radius 2 is 0.889 bits per heavy atom. The van der Waals surface area contributed by atoms with Gasteiger partial charge in [0.1, 0.15) is 23.0 Å². The van der Waals surface area contributed by atoms with Crippen LogP contribution in [-0.2, 0) is 0 Å². The molecule has 0 saturated carbocycles. The summed E-state index contributed by atoms with van der Waals surface area (Å²) in [4.78, 5) is 27.4. The quantitative estimate of drug-likeness (QED) is 0.239. The summed E-state index contributed by atoms with van der Waals surface area (Å²) in [6.07, 6.45) is 0. The van der Waals surface area contributed by atoms with E-state index in [0.29, 0.717) is 34.2 Å². The molecule has 180 valence electrons. The van der Waals surface area contributed by atoms with Crippen molar-refractivity contribution >= 4 is 34.3 Å². The van der Waals surface area contributed by atoms with Gasteiger partial charge in [0.15, 0.2) is 0 Å². The number of ether oxygens (including phenoxy) is 2. The van der Waals surface area contributed by atoms with Crippen LogP contribution in [0.3, 0.4) is 0 Å². The van der Waals surface area contributed by atoms with Crippen molar-refractivity contribution < 1.29 is 29.3 Å². The van der Waals surface area contributed by atoms with Crippen molar-refractivity contribution in [2.24, 2.45) is 0 Å². The lowest BCUT2D eigenvalue weighted by atomic mass is 9.81. The first kappa shape index (κ1) is 22.8. The number of phenolic OH excluding ortho intramolecular Hbond substituents is 2. The lowest BCUT2D eigenvalue weighted by molar-refractivity contribution is 0.0975. The van der Waals surface area contributed by atoms with Crippen LogP contribution >= 0.6 is 0 Å². The third-order valence-electron chi connectivity index (χ3n) is 6.01. The Balaban J connectivity index is 1.59. The lowest BCUT2D eigenvalue weighted by Crippen LogP contribution is -2.23. The fraction of sp³-hybridized carbons (Fsp3) is 0.0714. The molecule has 0 aromatic heterocycles. The van der Waals surface area contributed by atoms with E-state index in [1.54, 1.807) is 62.8 Å². The molecule has 0 unspecified atom stereocenters. The van der Waals surface area contributed by atoms with Crippen LogP contribution in [-0.4, -0.2) is 36.0 Å². The summed E-state index contributed by atoms with van der Waals surface area (Å²) in [6.45, 7) is 0. The summed E-state index contributed by atoms with van der Waals surface area (Å²) in [5.41, 5.74) is 1.65. The van der Waals surface area contributed by atoms with Gasteiger partial charge in [0.2, 0.25) is 11.6 Å². The highest BCUT2D eigenvalue weighted by Crippen LogP contribution is 2.43. The topological polar surface area (TPSA) is 117 Å². The summed E-state index contributed by atoms with van der Waals surface area (Å²) in [5, 5.41) is 27.5. The molecule has 0 fully saturated rings. The maximum Gasteiger partial charge on any atom is 0.200 e. The molecule has 36 heavy (non-hydrogen) atoms. The van der Waals surface area contributed by atoms with Crippen molar-refractivity contribution in [2.75, 3.05) is 24.9 Å². The van der Waals surface area contributed by atoms with Gasteiger partial charge in [-0.05, 0) is 72.8 Å². The average molecular weight is 482 g/mol. The second-order valence-corrected chi connectivity index (χ2v) is 8.13. The minimum Gasteiger partial charge on any atom is -0.507 e. The van der Waals surface area contributed by atoms with Gasteiger partial charge in [-0.3, -0.25) is 9.59 Å². The Morgan fingerprint density at radius 1 is 0.528 bits per heavy atom. The smallest absolute Gasteiger partial charge is 0.200 e. The standard InChI is InChI=1S/C28H22N2O6/c1-35-17-7-3-15(4-8-17)29-19-11-13-21(31)25-23(19)27(33)26-22(32)14-12-20(24(26)28(25)34)30-16-5-9-18(36-2)10-6-16/h3-14,29-32H,1-2H3. The molecule has 4 aromatic rings. The number of hydrogen-bond acceptors (Lipinski definition) is 8. The van der Waals surface area contributed by atoms with E-state index in [0.717, 1.165) is 0 Å². The molecule has 0 saturated heterocycles. The van der Waals surface area contributed by atoms with Crippen LogP contribution in [0.5, 0.6) is 23.0 Å². The number of aromatic hydroxyl groups is 2. The highest BCUT2D eigenvalue weighted by molar-refractivity contribution is 6.33. The van der Waals surface area contributed by atoms with Crippen LogP contribution in [0.2, 0.25) is 0 Å². The van der Waals surface area contributed by atoms with Crippen LogP contribution in [0.1, 0.15) is 31.8 Å². The number of fused-ring (bicyclic) bond motifs is 2. The number of carbonyl (C=O) groups is 2. The van der Waals surface area contributed by atoms with Gasteiger partial charge < -0.3 is 30.3 Å². The van der Waals surface area contributed by atoms with Gasteiger partial charge in [-0.1, -0.05) is 0 Å². The van der Waals surface area contributed by atoms with Crippen LogP contribution in [0, 0.1) is 0 Å². The number of benzene rings is 4. The number of methoxy groups -OCH3 is 2. The summed E-state index contributed by atoms with van der Waals surface area (Å²) in [5.74, 6) is -0.489. The van der Waals surface area contributed by atoms with Gasteiger partial charge in [-0.2, -0.15) is 0 Å². The van der Waals surface area contributed by atoms with E-state index in [2.05, 4.69) is 10.6 Å². The molecule has 0 spiro atoms. The second kappa shape index (κ2) is 8.99. The van der Waals surface area contributed by atoms with E-state index in [1.807, 2.05) is 0 Å². The summed E-state index contributed by atoms with van der Waals surface area (Å²) in [6, 6.07) is 19.8. The van der Waals surface area contributed by atoms with E-state index in [1.165, 1.54) is 24.3 Å². The molecule has 4 aromatic carbocycles. The van der Waals surface area contributed by atoms with Crippen LogP contribution in [0.4, 0.5) is 22.7 Å². The Morgan fingerprint density at radius 3 is 1.22 bits per heavy atom. The fourth-order valence-electron chi connectivity index (χ4n) is 4.23. The number of nitrogens with one attached hydrogen (secondary N) is 2. The van der Waals surface area contributed by atoms with E-state index in [4.69, 9.17) is 9.47 Å². The van der Waals surface area contributed by atoms with Gasteiger partial charge >= 0.3 is 0 Å². The first-order chi connectivity index (χ1) is 17.4. The van der Waals surface area contributed by atoms with Crippen molar-refractivity contribution in [2.45, 2.75) is 0 Å². The van der Waals surface area contributed by atoms with E-state index in [9.17, 15) is 19.8 Å². The molecule has 4 N–H and O–H groups in total. The maximum atomic E-state index is 13.7. The zero-order chi connectivity index (χ0) is 25.4. The van der Waals surface area contributed by atoms with Crippen molar-refractivity contribution in [3.63, 3.8) is 0 Å². The van der Waals surface area contributed by atoms with Crippen molar-refractivity contribution in [3.05, 3.63) is 95.1 Å². The monoisotopic (exact) mass is 482 g/mol. The molecule has 1 aliphatic carbocycles. The minimum absolute atomic E-state index is 0.0137. The van der Waals surface area contributed by atoms with E-state index >= 15 is 0 Å². The summed E-state index contributed by atoms with van der Waals surface area (Å²) >= 11 is 0. The number of rotatable bonds is 6. The number of carbonyl (C=O) groups excluding carboxylic acids is 2. The predicted octanol–water partition coefficient (Wildman–Crippen LogP) is 5.38. The molecular formula is C28H22N2O6. The molecule has 1 aliphatic rings. The largest absolute Gasteiger partial charge is 0.507 e. The highest BCUT2D eigenvalue weighted by Gasteiger charge is 2.38. The summed E-state index contributed by atoms with van der Waals surface area (Å²) in [7, 11) is 3.12. The molecule has 5 rings (SSSR count). The molecule has 8 nitrogen and oxygen atoms in total. The number of ketones is 2. The average Bonchev–Trinajstić information content (AvgIpc) is 2.90. The Bertz CT molecular complexity index is 1380. The molecule has 0 aliphatic heterocycles. The number of phenols is 2. The Hall–Kier alpha value is -4.98. The molecule has 0 atom stereocenters. The van der Waals surface area contributed by atoms with E-state index in [-0.39, 0.29) is 33.8 Å². The van der Waals surface area contributed by atoms with Crippen LogP contribution < -0.4 is 20.1 Å². The summed E-state index contributed by atoms with van der Waals surface area (Å²) < 4.78 is 10.3. The van der Waals surface area contributed by atoms with Gasteiger partial charge in [0, 0.05) is 11.4 Å². The Labute approximate surface area is 206 Å². The van der Waals surface area contributed by atoms with Gasteiger partial charge in [-0.25, -0.2) is 0 Å². The molecule has 8 heteroatoms. The zero-order valence-electron chi connectivity index (χ0n) is 19.5. The molecule has 0 radical (unpaired) electrons. The van der Waals surface area contributed by atoms with Gasteiger partial charge in [-0.15, -0.1) is 0 Å². The highest BCUT2D eigenvalue weighted by atomic mass is 16.5. The van der Waals surface area contributed by atoms with E-state index < -0.39 is 11.6 Å². The number of anilines is 4. The van der Waals surface area contributed by atoms with Crippen LogP contribution in [0.25, 0.3) is 0 Å². The van der Waals surface area contributed by atoms with Gasteiger partial charge in [0.25, 0.3) is 0 Å². The fourth-order valence-corrected chi connectivity index (χ4v) is 4.23. The van der Waals surface area contributed by atoms with Gasteiger partial charge in [0.05, 0.1) is 47.8 Å². The second-order valence-electron chi connectivity index (χ2n) is 8.13. The first-order valence-electron chi connectivity index (χ1n) is 11.0. The normalized spacial score (nSPS) is 11.9. The Kier molecular flexibility index (Phi) is 5.69. The number of hydrogen-bond donors (Lipinski definition) is 4. The van der Waals surface area contributed by atoms with Crippen molar-refractivity contribution in [3.8, 4) is 23.0 Å². The zero-order valence-corrected chi connectivity index (χ0v) is 19.5. The van der Waals surface area contributed by atoms with Crippen LogP contribution in [0.15, 0.2) is 72.8 Å².